The van der Waals surface area contributed by atoms with E-state index < -0.39 is 24.4 Å². The van der Waals surface area contributed by atoms with Crippen LogP contribution in [0.15, 0.2) is 12.7 Å². The quantitative estimate of drug-likeness (QED) is 0.558. The van der Waals surface area contributed by atoms with Crippen LogP contribution in [-0.2, 0) is 0 Å². The summed E-state index contributed by atoms with van der Waals surface area (Å²) in [5.74, 6) is -0.111. The highest BCUT2D eigenvalue weighted by atomic mass is 16.3. The lowest BCUT2D eigenvalue weighted by Gasteiger charge is -2.19. The Labute approximate surface area is 114 Å². The second-order valence-electron chi connectivity index (χ2n) is 5.27. The number of nitrogens with zero attached hydrogens (tertiary/aromatic N) is 4. The van der Waals surface area contributed by atoms with Crippen LogP contribution in [0.25, 0.3) is 11.2 Å². The van der Waals surface area contributed by atoms with Crippen LogP contribution in [0.1, 0.15) is 19.4 Å². The van der Waals surface area contributed by atoms with Crippen molar-refractivity contribution in [2.75, 3.05) is 5.73 Å². The maximum absolute atomic E-state index is 10.2. The molecule has 5 N–H and O–H groups in total. The molecule has 0 aliphatic heterocycles. The summed E-state index contributed by atoms with van der Waals surface area (Å²) in [6.07, 6.45) is 0.648. The summed E-state index contributed by atoms with van der Waals surface area (Å²) in [5, 5.41) is 29.9. The number of aliphatic hydroxyl groups excluding tert-OH is 3. The Hall–Kier alpha value is -1.77. The van der Waals surface area contributed by atoms with Crippen molar-refractivity contribution in [1.29, 1.82) is 0 Å². The van der Waals surface area contributed by atoms with E-state index in [9.17, 15) is 15.3 Å². The number of fused-ring (bicyclic) bond motifs is 1. The van der Waals surface area contributed by atoms with E-state index in [4.69, 9.17) is 5.73 Å². The first-order valence-corrected chi connectivity index (χ1v) is 6.48. The molecule has 8 nitrogen and oxygen atoms in total. The second kappa shape index (κ2) is 4.65. The van der Waals surface area contributed by atoms with Gasteiger partial charge in [0.15, 0.2) is 11.5 Å². The molecule has 0 spiro atoms. The number of rotatable bonds is 2. The number of nitrogens with two attached hydrogens (primary N) is 1. The van der Waals surface area contributed by atoms with Gasteiger partial charge in [-0.1, -0.05) is 0 Å². The van der Waals surface area contributed by atoms with E-state index in [-0.39, 0.29) is 11.7 Å². The Morgan fingerprint density at radius 3 is 2.70 bits per heavy atom. The van der Waals surface area contributed by atoms with Gasteiger partial charge in [0.1, 0.15) is 17.9 Å². The molecule has 1 aliphatic carbocycles. The highest BCUT2D eigenvalue weighted by molar-refractivity contribution is 5.81. The van der Waals surface area contributed by atoms with Gasteiger partial charge in [0.2, 0.25) is 0 Å². The van der Waals surface area contributed by atoms with Crippen molar-refractivity contribution in [3.05, 3.63) is 12.7 Å². The number of aliphatic hydroxyl groups is 3. The lowest BCUT2D eigenvalue weighted by molar-refractivity contribution is -0.0212. The normalized spacial score (nSPS) is 31.8. The van der Waals surface area contributed by atoms with Gasteiger partial charge in [0.05, 0.1) is 24.6 Å². The predicted octanol–water partition coefficient (Wildman–Crippen LogP) is -0.928. The molecule has 0 radical (unpaired) electrons. The van der Waals surface area contributed by atoms with E-state index in [2.05, 4.69) is 15.0 Å². The summed E-state index contributed by atoms with van der Waals surface area (Å²) in [5.41, 5.74) is 6.71. The van der Waals surface area contributed by atoms with Crippen LogP contribution in [0.3, 0.4) is 0 Å². The molecule has 0 amide bonds. The van der Waals surface area contributed by atoms with Crippen molar-refractivity contribution in [3.8, 4) is 0 Å². The van der Waals surface area contributed by atoms with Gasteiger partial charge in [0.25, 0.3) is 0 Å². The van der Waals surface area contributed by atoms with Crippen molar-refractivity contribution in [2.45, 2.75) is 37.7 Å². The molecule has 20 heavy (non-hydrogen) atoms. The maximum atomic E-state index is 10.2. The minimum atomic E-state index is -0.983. The largest absolute Gasteiger partial charge is 0.393 e. The summed E-state index contributed by atoms with van der Waals surface area (Å²) < 4.78 is 1.68. The molecule has 2 aromatic heterocycles. The van der Waals surface area contributed by atoms with Crippen LogP contribution in [0.4, 0.5) is 5.82 Å². The van der Waals surface area contributed by atoms with Crippen LogP contribution in [0.5, 0.6) is 0 Å². The fourth-order valence-corrected chi connectivity index (χ4v) is 2.91. The number of hydrogen-bond donors (Lipinski definition) is 4. The highest BCUT2D eigenvalue weighted by Gasteiger charge is 2.44. The fourth-order valence-electron chi connectivity index (χ4n) is 2.91. The van der Waals surface area contributed by atoms with Crippen LogP contribution in [-0.4, -0.2) is 53.2 Å². The minimum Gasteiger partial charge on any atom is -0.393 e. The van der Waals surface area contributed by atoms with Gasteiger partial charge < -0.3 is 25.6 Å². The zero-order valence-electron chi connectivity index (χ0n) is 11.0. The Bertz CT molecular complexity index is 629. The number of nitrogen functional groups attached to an aromatic ring is 1. The van der Waals surface area contributed by atoms with Gasteiger partial charge in [-0.05, 0) is 13.3 Å². The molecule has 2 aromatic rings. The Balaban J connectivity index is 2.02. The SMILES string of the molecule is C[C@@H](O)[C@H]1C[C@@H](n2cnc3c(N)ncnc32)[C@H](O)[C@@H]1O. The first-order valence-electron chi connectivity index (χ1n) is 6.48. The third-order valence-corrected chi connectivity index (χ3v) is 4.06. The average molecular weight is 279 g/mol. The molecule has 0 bridgehead atoms. The summed E-state index contributed by atoms with van der Waals surface area (Å²) in [6.45, 7) is 1.61. The van der Waals surface area contributed by atoms with Crippen molar-refractivity contribution in [2.24, 2.45) is 5.92 Å². The van der Waals surface area contributed by atoms with E-state index in [1.807, 2.05) is 0 Å². The van der Waals surface area contributed by atoms with Crippen molar-refractivity contribution in [3.63, 3.8) is 0 Å². The molecule has 0 unspecified atom stereocenters. The Morgan fingerprint density at radius 2 is 2.05 bits per heavy atom. The van der Waals surface area contributed by atoms with Gasteiger partial charge >= 0.3 is 0 Å². The van der Waals surface area contributed by atoms with Crippen LogP contribution >= 0.6 is 0 Å². The topological polar surface area (TPSA) is 130 Å². The molecule has 1 fully saturated rings. The molecule has 3 rings (SSSR count). The van der Waals surface area contributed by atoms with E-state index >= 15 is 0 Å². The standard InChI is InChI=1S/C12H17N5O3/c1-5(18)6-2-7(10(20)9(6)19)17-4-16-8-11(13)14-3-15-12(8)17/h3-7,9-10,18-20H,2H2,1H3,(H2,13,14,15)/t5-,6-,7-,9-,10+/m1/s1. The lowest BCUT2D eigenvalue weighted by Crippen LogP contribution is -2.32. The van der Waals surface area contributed by atoms with Gasteiger partial charge in [-0.15, -0.1) is 0 Å². The Morgan fingerprint density at radius 1 is 1.30 bits per heavy atom. The fraction of sp³-hybridized carbons (Fsp3) is 0.583. The predicted molar refractivity (Wildman–Crippen MR) is 70.6 cm³/mol. The molecule has 0 saturated heterocycles. The van der Waals surface area contributed by atoms with Crippen molar-refractivity contribution >= 4 is 17.0 Å². The molecule has 5 atom stereocenters. The summed E-state index contributed by atoms with van der Waals surface area (Å²) in [7, 11) is 0. The number of aromatic nitrogens is 4. The van der Waals surface area contributed by atoms with E-state index in [1.54, 1.807) is 11.5 Å². The smallest absolute Gasteiger partial charge is 0.165 e. The van der Waals surface area contributed by atoms with E-state index in [0.717, 1.165) is 0 Å². The molecule has 0 aromatic carbocycles. The van der Waals surface area contributed by atoms with Crippen LogP contribution < -0.4 is 5.73 Å². The molecular weight excluding hydrogens is 262 g/mol. The monoisotopic (exact) mass is 279 g/mol. The van der Waals surface area contributed by atoms with Gasteiger partial charge in [0, 0.05) is 5.92 Å². The first-order chi connectivity index (χ1) is 9.50. The van der Waals surface area contributed by atoms with Crippen LogP contribution in [0, 0.1) is 5.92 Å². The molecule has 108 valence electrons. The minimum absolute atomic E-state index is 0.272. The lowest BCUT2D eigenvalue weighted by atomic mass is 10.00. The summed E-state index contributed by atoms with van der Waals surface area (Å²) >= 11 is 0. The maximum Gasteiger partial charge on any atom is 0.165 e. The number of imidazole rings is 1. The summed E-state index contributed by atoms with van der Waals surface area (Å²) in [4.78, 5) is 12.1. The molecule has 1 aliphatic rings. The second-order valence-corrected chi connectivity index (χ2v) is 5.27. The highest BCUT2D eigenvalue weighted by Crippen LogP contribution is 2.38. The third-order valence-electron chi connectivity index (χ3n) is 4.06. The van der Waals surface area contributed by atoms with Gasteiger partial charge in [-0.25, -0.2) is 15.0 Å². The van der Waals surface area contributed by atoms with E-state index in [0.29, 0.717) is 17.6 Å². The Kier molecular flexibility index (Phi) is 3.08. The molecular formula is C12H17N5O3. The van der Waals surface area contributed by atoms with Gasteiger partial charge in [-0.2, -0.15) is 0 Å². The van der Waals surface area contributed by atoms with Gasteiger partial charge in [-0.3, -0.25) is 0 Å². The zero-order valence-corrected chi connectivity index (χ0v) is 11.0. The average Bonchev–Trinajstić information content (AvgIpc) is 2.94. The number of hydrogen-bond acceptors (Lipinski definition) is 7. The molecule has 2 heterocycles. The van der Waals surface area contributed by atoms with Crippen molar-refractivity contribution in [1.82, 2.24) is 19.5 Å². The van der Waals surface area contributed by atoms with E-state index in [1.165, 1.54) is 12.7 Å². The zero-order chi connectivity index (χ0) is 14.4. The molecule has 1 saturated carbocycles. The van der Waals surface area contributed by atoms with Crippen LogP contribution in [0.2, 0.25) is 0 Å². The summed E-state index contributed by atoms with van der Waals surface area (Å²) in [6, 6.07) is -0.399. The molecule has 8 heteroatoms. The number of anilines is 1. The first kappa shape index (κ1) is 13.2. The van der Waals surface area contributed by atoms with Crippen molar-refractivity contribution < 1.29 is 15.3 Å². The third kappa shape index (κ3) is 1.84.